The zero-order chi connectivity index (χ0) is 24.9. The SMILES string of the molecule is CCCCC(C)CCC=C[C@H]1CCC=C1SCCCCC(O[Si](C)(C)C(C)(C)C)C(=O)OC. The van der Waals surface area contributed by atoms with E-state index in [9.17, 15) is 4.79 Å². The fourth-order valence-electron chi connectivity index (χ4n) is 3.90. The summed E-state index contributed by atoms with van der Waals surface area (Å²) < 4.78 is 11.4. The Kier molecular flexibility index (Phi) is 14.3. The van der Waals surface area contributed by atoms with E-state index in [4.69, 9.17) is 9.16 Å². The van der Waals surface area contributed by atoms with Crippen molar-refractivity contribution in [1.29, 1.82) is 0 Å². The molecule has 0 aromatic rings. The molecule has 3 nitrogen and oxygen atoms in total. The molecule has 0 amide bonds. The molecule has 5 heteroatoms. The van der Waals surface area contributed by atoms with E-state index >= 15 is 0 Å². The Hall–Kier alpha value is -0.523. The largest absolute Gasteiger partial charge is 0.467 e. The minimum atomic E-state index is -2.00. The second-order valence-electron chi connectivity index (χ2n) is 11.3. The van der Waals surface area contributed by atoms with Gasteiger partial charge < -0.3 is 9.16 Å². The number of methoxy groups -OCH3 is 1. The summed E-state index contributed by atoms with van der Waals surface area (Å²) in [6.07, 6.45) is 18.7. The normalized spacial score (nSPS) is 19.0. The highest BCUT2D eigenvalue weighted by atomic mass is 32.2. The molecule has 0 saturated heterocycles. The van der Waals surface area contributed by atoms with Crippen molar-refractivity contribution in [3.8, 4) is 0 Å². The molecule has 0 fully saturated rings. The van der Waals surface area contributed by atoms with Crippen LogP contribution >= 0.6 is 11.8 Å². The van der Waals surface area contributed by atoms with E-state index in [2.05, 4.69) is 65.9 Å². The highest BCUT2D eigenvalue weighted by molar-refractivity contribution is 8.03. The van der Waals surface area contributed by atoms with Gasteiger partial charge in [-0.3, -0.25) is 0 Å². The number of hydrogen-bond donors (Lipinski definition) is 0. The summed E-state index contributed by atoms with van der Waals surface area (Å²) in [6, 6.07) is 0. The number of carbonyl (C=O) groups excluding carboxylic acids is 1. The van der Waals surface area contributed by atoms with Crippen LogP contribution in [0.5, 0.6) is 0 Å². The highest BCUT2D eigenvalue weighted by Crippen LogP contribution is 2.38. The first-order chi connectivity index (χ1) is 15.5. The molecule has 0 aromatic carbocycles. The minimum Gasteiger partial charge on any atom is -0.467 e. The molecule has 0 aromatic heterocycles. The molecule has 3 atom stereocenters. The molecule has 192 valence electrons. The summed E-state index contributed by atoms with van der Waals surface area (Å²) in [5.74, 6) is 2.35. The fourth-order valence-corrected chi connectivity index (χ4v) is 6.41. The van der Waals surface area contributed by atoms with Crippen molar-refractivity contribution in [3.63, 3.8) is 0 Å². The van der Waals surface area contributed by atoms with E-state index in [0.29, 0.717) is 5.92 Å². The lowest BCUT2D eigenvalue weighted by Crippen LogP contribution is -2.46. The molecule has 0 bridgehead atoms. The maximum Gasteiger partial charge on any atom is 0.333 e. The zero-order valence-corrected chi connectivity index (χ0v) is 24.7. The van der Waals surface area contributed by atoms with Crippen LogP contribution < -0.4 is 0 Å². The summed E-state index contributed by atoms with van der Waals surface area (Å²) in [5, 5.41) is 0.0835. The summed E-state index contributed by atoms with van der Waals surface area (Å²) in [7, 11) is -0.534. The maximum atomic E-state index is 12.3. The van der Waals surface area contributed by atoms with Gasteiger partial charge in [-0.25, -0.2) is 4.79 Å². The molecule has 0 aliphatic heterocycles. The van der Waals surface area contributed by atoms with Crippen LogP contribution in [0.2, 0.25) is 18.1 Å². The average molecular weight is 497 g/mol. The van der Waals surface area contributed by atoms with Crippen LogP contribution in [0.25, 0.3) is 0 Å². The molecule has 1 rings (SSSR count). The number of ether oxygens (including phenoxy) is 1. The molecule has 0 N–H and O–H groups in total. The van der Waals surface area contributed by atoms with Crippen LogP contribution in [0, 0.1) is 11.8 Å². The van der Waals surface area contributed by atoms with Crippen LogP contribution in [0.1, 0.15) is 98.8 Å². The third-order valence-corrected chi connectivity index (χ3v) is 13.1. The first-order valence-electron chi connectivity index (χ1n) is 13.3. The van der Waals surface area contributed by atoms with Gasteiger partial charge >= 0.3 is 5.97 Å². The van der Waals surface area contributed by atoms with Gasteiger partial charge in [0.1, 0.15) is 6.10 Å². The van der Waals surface area contributed by atoms with Crippen molar-refractivity contribution < 1.29 is 14.0 Å². The average Bonchev–Trinajstić information content (AvgIpc) is 3.19. The molecule has 0 radical (unpaired) electrons. The van der Waals surface area contributed by atoms with Gasteiger partial charge in [0.15, 0.2) is 8.32 Å². The van der Waals surface area contributed by atoms with E-state index in [1.165, 1.54) is 52.1 Å². The van der Waals surface area contributed by atoms with Gasteiger partial charge in [0, 0.05) is 5.92 Å². The van der Waals surface area contributed by atoms with Crippen molar-refractivity contribution in [1.82, 2.24) is 0 Å². The standard InChI is InChI=1S/C28H52O3SSi/c1-9-10-16-23(2)17-11-12-18-24-19-15-21-26(24)32-22-14-13-20-25(27(29)30-6)31-33(7,8)28(3,4)5/h12,18,21,23-25H,9-11,13-17,19-20,22H2,1-8H3/t23?,24-,25?/m0/s1. The summed E-state index contributed by atoms with van der Waals surface area (Å²) in [4.78, 5) is 13.9. The number of rotatable bonds is 16. The van der Waals surface area contributed by atoms with Gasteiger partial charge in [-0.1, -0.05) is 72.1 Å². The van der Waals surface area contributed by atoms with Gasteiger partial charge in [-0.15, -0.1) is 11.8 Å². The molecule has 2 unspecified atom stereocenters. The predicted octanol–water partition coefficient (Wildman–Crippen LogP) is 8.91. The molecule has 0 saturated carbocycles. The Labute approximate surface area is 210 Å². The topological polar surface area (TPSA) is 35.5 Å². The van der Waals surface area contributed by atoms with Gasteiger partial charge in [0.05, 0.1) is 7.11 Å². The predicted molar refractivity (Wildman–Crippen MR) is 148 cm³/mol. The Morgan fingerprint density at radius 2 is 1.94 bits per heavy atom. The van der Waals surface area contributed by atoms with Crippen LogP contribution in [0.3, 0.4) is 0 Å². The quantitative estimate of drug-likeness (QED) is 0.0924. The molecule has 0 heterocycles. The van der Waals surface area contributed by atoms with Gasteiger partial charge in [-0.2, -0.15) is 0 Å². The second kappa shape index (κ2) is 15.5. The van der Waals surface area contributed by atoms with Crippen molar-refractivity contribution in [2.75, 3.05) is 12.9 Å². The zero-order valence-electron chi connectivity index (χ0n) is 22.9. The van der Waals surface area contributed by atoms with E-state index < -0.39 is 14.4 Å². The third-order valence-electron chi connectivity index (χ3n) is 7.27. The number of thioether (sulfide) groups is 1. The lowest BCUT2D eigenvalue weighted by molar-refractivity contribution is -0.149. The Bertz CT molecular complexity index is 621. The number of carbonyl (C=O) groups is 1. The fraction of sp³-hybridized carbons (Fsp3) is 0.821. The van der Waals surface area contributed by atoms with E-state index in [-0.39, 0.29) is 11.0 Å². The summed E-state index contributed by atoms with van der Waals surface area (Å²) >= 11 is 2.01. The minimum absolute atomic E-state index is 0.0835. The lowest BCUT2D eigenvalue weighted by Gasteiger charge is -2.38. The number of hydrogen-bond acceptors (Lipinski definition) is 4. The monoisotopic (exact) mass is 496 g/mol. The third kappa shape index (κ3) is 11.6. The van der Waals surface area contributed by atoms with E-state index in [1.807, 2.05) is 11.8 Å². The van der Waals surface area contributed by atoms with Crippen LogP contribution in [0.15, 0.2) is 23.1 Å². The Morgan fingerprint density at radius 3 is 2.58 bits per heavy atom. The molecule has 1 aliphatic carbocycles. The van der Waals surface area contributed by atoms with Crippen LogP contribution in [0.4, 0.5) is 0 Å². The van der Waals surface area contributed by atoms with Crippen LogP contribution in [-0.2, 0) is 14.0 Å². The summed E-state index contributed by atoms with van der Waals surface area (Å²) in [6.45, 7) is 15.7. The van der Waals surface area contributed by atoms with Crippen molar-refractivity contribution >= 4 is 26.0 Å². The second-order valence-corrected chi connectivity index (χ2v) is 17.2. The number of unbranched alkanes of at least 4 members (excludes halogenated alkanes) is 2. The first kappa shape index (κ1) is 30.5. The molecule has 33 heavy (non-hydrogen) atoms. The number of esters is 1. The van der Waals surface area contributed by atoms with E-state index in [1.54, 1.807) is 4.91 Å². The Balaban J connectivity index is 2.38. The Morgan fingerprint density at radius 1 is 1.21 bits per heavy atom. The van der Waals surface area contributed by atoms with Crippen molar-refractivity contribution in [2.24, 2.45) is 11.8 Å². The molecular formula is C28H52O3SSi. The molecule has 0 spiro atoms. The van der Waals surface area contributed by atoms with Crippen molar-refractivity contribution in [2.45, 2.75) is 123 Å². The van der Waals surface area contributed by atoms with Gasteiger partial charge in [-0.05, 0) is 79.7 Å². The maximum absolute atomic E-state index is 12.3. The smallest absolute Gasteiger partial charge is 0.333 e. The first-order valence-corrected chi connectivity index (χ1v) is 17.2. The lowest BCUT2D eigenvalue weighted by atomic mass is 9.98. The highest BCUT2D eigenvalue weighted by Gasteiger charge is 2.40. The van der Waals surface area contributed by atoms with E-state index in [0.717, 1.165) is 30.9 Å². The molecule has 1 aliphatic rings. The summed E-state index contributed by atoms with van der Waals surface area (Å²) in [5.41, 5.74) is 0. The van der Waals surface area contributed by atoms with Crippen LogP contribution in [-0.4, -0.2) is 33.3 Å². The van der Waals surface area contributed by atoms with Gasteiger partial charge in [0.25, 0.3) is 0 Å². The molecular weight excluding hydrogens is 444 g/mol. The van der Waals surface area contributed by atoms with Crippen molar-refractivity contribution in [3.05, 3.63) is 23.1 Å². The van der Waals surface area contributed by atoms with Gasteiger partial charge in [0.2, 0.25) is 0 Å². The number of allylic oxidation sites excluding steroid dienone is 4.